The molecule has 0 radical (unpaired) electrons. The Morgan fingerprint density at radius 3 is 2.52 bits per heavy atom. The first-order chi connectivity index (χ1) is 13.5. The second-order valence-electron chi connectivity index (χ2n) is 7.09. The number of aromatic nitrogens is 1. The minimum atomic E-state index is -1.11. The Bertz CT molecular complexity index is 1080. The number of benzene rings is 1. The summed E-state index contributed by atoms with van der Waals surface area (Å²) >= 11 is 3.41. The Labute approximate surface area is 176 Å². The van der Waals surface area contributed by atoms with Crippen LogP contribution in [0.15, 0.2) is 22.7 Å². The molecule has 2 heterocycles. The number of likely N-dealkylation sites (N-methyl/N-ethyl adjacent to an activating group) is 1. The number of carboxylic acids is 1. The minimum Gasteiger partial charge on any atom is -0.478 e. The fourth-order valence-corrected chi connectivity index (χ4v) is 4.10. The molecule has 0 bridgehead atoms. The lowest BCUT2D eigenvalue weighted by molar-refractivity contribution is -0.125. The second kappa shape index (κ2) is 7.49. The minimum absolute atomic E-state index is 0.0813. The van der Waals surface area contributed by atoms with Gasteiger partial charge >= 0.3 is 5.97 Å². The van der Waals surface area contributed by atoms with E-state index >= 15 is 0 Å². The second-order valence-corrected chi connectivity index (χ2v) is 8.00. The van der Waals surface area contributed by atoms with Gasteiger partial charge in [-0.15, -0.1) is 0 Å². The van der Waals surface area contributed by atoms with E-state index in [1.54, 1.807) is 49.6 Å². The number of halogens is 1. The SMILES string of the molecule is Cc1c(C(=O)O)c(C)n(C(C(N)=O)N(C)C)c1C=C1C(=O)Nc2ccc(Br)cc21. The van der Waals surface area contributed by atoms with Crippen LogP contribution in [0, 0.1) is 13.8 Å². The number of anilines is 1. The van der Waals surface area contributed by atoms with Gasteiger partial charge in [0.2, 0.25) is 0 Å². The van der Waals surface area contributed by atoms with E-state index in [0.717, 1.165) is 4.47 Å². The van der Waals surface area contributed by atoms with E-state index in [2.05, 4.69) is 21.2 Å². The molecular formula is C20H21BrN4O4. The topological polar surface area (TPSA) is 118 Å². The van der Waals surface area contributed by atoms with Gasteiger partial charge in [0.05, 0.1) is 11.1 Å². The van der Waals surface area contributed by atoms with Crippen molar-refractivity contribution in [1.29, 1.82) is 0 Å². The highest BCUT2D eigenvalue weighted by atomic mass is 79.9. The van der Waals surface area contributed by atoms with Gasteiger partial charge in [0.25, 0.3) is 11.8 Å². The average molecular weight is 461 g/mol. The van der Waals surface area contributed by atoms with Crippen LogP contribution in [0.2, 0.25) is 0 Å². The summed E-state index contributed by atoms with van der Waals surface area (Å²) in [5.41, 5.74) is 8.70. The van der Waals surface area contributed by atoms with Crippen LogP contribution in [-0.2, 0) is 9.59 Å². The van der Waals surface area contributed by atoms with Crippen molar-refractivity contribution in [3.8, 4) is 0 Å². The van der Waals surface area contributed by atoms with E-state index in [9.17, 15) is 19.5 Å². The summed E-state index contributed by atoms with van der Waals surface area (Å²) in [6.45, 7) is 3.28. The Balaban J connectivity index is 2.33. The molecule has 29 heavy (non-hydrogen) atoms. The van der Waals surface area contributed by atoms with E-state index in [0.29, 0.717) is 33.8 Å². The van der Waals surface area contributed by atoms with Gasteiger partial charge < -0.3 is 20.7 Å². The number of nitrogens with one attached hydrogen (secondary N) is 1. The molecule has 0 aliphatic carbocycles. The monoisotopic (exact) mass is 460 g/mol. The van der Waals surface area contributed by atoms with Crippen LogP contribution in [-0.4, -0.2) is 46.5 Å². The molecule has 1 aromatic carbocycles. The molecule has 3 rings (SSSR count). The summed E-state index contributed by atoms with van der Waals surface area (Å²) in [4.78, 5) is 38.3. The maximum absolute atomic E-state index is 12.6. The van der Waals surface area contributed by atoms with Crippen molar-refractivity contribution in [2.45, 2.75) is 20.0 Å². The number of amides is 2. The van der Waals surface area contributed by atoms with Crippen molar-refractivity contribution >= 4 is 51.1 Å². The number of nitrogens with zero attached hydrogens (tertiary/aromatic N) is 2. The summed E-state index contributed by atoms with van der Waals surface area (Å²) in [6, 6.07) is 5.41. The van der Waals surface area contributed by atoms with Gasteiger partial charge in [-0.2, -0.15) is 0 Å². The predicted octanol–water partition coefficient (Wildman–Crippen LogP) is 2.60. The number of primary amides is 1. The Hall–Kier alpha value is -2.91. The highest BCUT2D eigenvalue weighted by Gasteiger charge is 2.31. The number of hydrogen-bond acceptors (Lipinski definition) is 4. The lowest BCUT2D eigenvalue weighted by atomic mass is 10.0. The lowest BCUT2D eigenvalue weighted by Gasteiger charge is -2.26. The largest absolute Gasteiger partial charge is 0.478 e. The number of fused-ring (bicyclic) bond motifs is 1. The highest BCUT2D eigenvalue weighted by Crippen LogP contribution is 2.37. The molecule has 8 nitrogen and oxygen atoms in total. The van der Waals surface area contributed by atoms with E-state index in [-0.39, 0.29) is 11.5 Å². The first kappa shape index (κ1) is 20.8. The molecule has 0 saturated heterocycles. The van der Waals surface area contributed by atoms with Crippen molar-refractivity contribution in [2.75, 3.05) is 19.4 Å². The molecule has 152 valence electrons. The van der Waals surface area contributed by atoms with Crippen LogP contribution >= 0.6 is 15.9 Å². The van der Waals surface area contributed by atoms with Crippen LogP contribution < -0.4 is 11.1 Å². The third kappa shape index (κ3) is 3.47. The number of rotatable bonds is 5. The van der Waals surface area contributed by atoms with E-state index in [4.69, 9.17) is 5.73 Å². The Morgan fingerprint density at radius 2 is 1.97 bits per heavy atom. The van der Waals surface area contributed by atoms with Gasteiger partial charge in [-0.1, -0.05) is 15.9 Å². The molecule has 1 atom stereocenters. The van der Waals surface area contributed by atoms with Crippen molar-refractivity contribution in [1.82, 2.24) is 9.47 Å². The van der Waals surface area contributed by atoms with Crippen LogP contribution in [0.3, 0.4) is 0 Å². The third-order valence-corrected chi connectivity index (χ3v) is 5.48. The molecule has 2 aromatic rings. The van der Waals surface area contributed by atoms with Gasteiger partial charge in [-0.3, -0.25) is 14.5 Å². The maximum atomic E-state index is 12.6. The summed E-state index contributed by atoms with van der Waals surface area (Å²) in [5.74, 6) is -2.05. The number of hydrogen-bond donors (Lipinski definition) is 3. The van der Waals surface area contributed by atoms with E-state index < -0.39 is 18.0 Å². The fourth-order valence-electron chi connectivity index (χ4n) is 3.74. The molecule has 1 aromatic heterocycles. The van der Waals surface area contributed by atoms with Crippen LogP contribution in [0.4, 0.5) is 5.69 Å². The van der Waals surface area contributed by atoms with Gasteiger partial charge in [-0.25, -0.2) is 4.79 Å². The maximum Gasteiger partial charge on any atom is 0.337 e. The molecular weight excluding hydrogens is 440 g/mol. The molecule has 0 spiro atoms. The summed E-state index contributed by atoms with van der Waals surface area (Å²) in [5, 5.41) is 12.5. The number of carboxylic acid groups (broad SMARTS) is 1. The number of aromatic carboxylic acids is 1. The molecule has 0 fully saturated rings. The number of carbonyl (C=O) groups is 3. The summed E-state index contributed by atoms with van der Waals surface area (Å²) in [6.07, 6.45) is 0.696. The number of nitrogens with two attached hydrogens (primary N) is 1. The van der Waals surface area contributed by atoms with Crippen molar-refractivity contribution in [3.05, 3.63) is 50.8 Å². The van der Waals surface area contributed by atoms with E-state index in [1.807, 2.05) is 12.1 Å². The number of carbonyl (C=O) groups excluding carboxylic acids is 2. The lowest BCUT2D eigenvalue weighted by Crippen LogP contribution is -2.38. The zero-order chi connectivity index (χ0) is 21.6. The third-order valence-electron chi connectivity index (χ3n) is 4.99. The van der Waals surface area contributed by atoms with Crippen molar-refractivity contribution in [3.63, 3.8) is 0 Å². The molecule has 4 N–H and O–H groups in total. The quantitative estimate of drug-likeness (QED) is 0.592. The Morgan fingerprint density at radius 1 is 1.31 bits per heavy atom. The fraction of sp³-hybridized carbons (Fsp3) is 0.250. The standard InChI is InChI=1S/C20H21BrN4O4/c1-9-15(8-13-12-7-11(21)5-6-14(12)23-18(13)27)25(10(2)16(9)20(28)29)19(17(22)26)24(3)4/h5-8,19H,1-4H3,(H2,22,26)(H,23,27)(H,28,29). The normalized spacial score (nSPS) is 15.5. The van der Waals surface area contributed by atoms with Gasteiger partial charge in [0.1, 0.15) is 0 Å². The van der Waals surface area contributed by atoms with Gasteiger partial charge in [-0.05, 0) is 57.8 Å². The van der Waals surface area contributed by atoms with Crippen molar-refractivity contribution in [2.24, 2.45) is 5.73 Å². The zero-order valence-corrected chi connectivity index (χ0v) is 18.0. The molecule has 0 saturated carbocycles. The van der Waals surface area contributed by atoms with Crippen molar-refractivity contribution < 1.29 is 19.5 Å². The Kier molecular flexibility index (Phi) is 5.38. The predicted molar refractivity (Wildman–Crippen MR) is 113 cm³/mol. The summed E-state index contributed by atoms with van der Waals surface area (Å²) < 4.78 is 2.37. The first-order valence-corrected chi connectivity index (χ1v) is 9.57. The molecule has 9 heteroatoms. The summed E-state index contributed by atoms with van der Waals surface area (Å²) in [7, 11) is 3.35. The first-order valence-electron chi connectivity index (χ1n) is 8.78. The molecule has 1 aliphatic rings. The van der Waals surface area contributed by atoms with Crippen LogP contribution in [0.25, 0.3) is 11.6 Å². The zero-order valence-electron chi connectivity index (χ0n) is 16.4. The average Bonchev–Trinajstić information content (AvgIpc) is 3.03. The van der Waals surface area contributed by atoms with Crippen LogP contribution in [0.5, 0.6) is 0 Å². The van der Waals surface area contributed by atoms with Gasteiger partial charge in [0, 0.05) is 27.1 Å². The van der Waals surface area contributed by atoms with E-state index in [1.165, 1.54) is 0 Å². The van der Waals surface area contributed by atoms with Crippen LogP contribution in [0.1, 0.15) is 39.0 Å². The van der Waals surface area contributed by atoms with Gasteiger partial charge in [0.15, 0.2) is 6.17 Å². The smallest absolute Gasteiger partial charge is 0.337 e. The highest BCUT2D eigenvalue weighted by molar-refractivity contribution is 9.10. The molecule has 1 aliphatic heterocycles. The molecule has 2 amide bonds. The molecule has 1 unspecified atom stereocenters.